The fraction of sp³-hybridized carbons (Fsp3) is 0.353. The van der Waals surface area contributed by atoms with Gasteiger partial charge in [0.2, 0.25) is 5.91 Å². The van der Waals surface area contributed by atoms with E-state index >= 15 is 0 Å². The number of benzene rings is 1. The van der Waals surface area contributed by atoms with Crippen molar-refractivity contribution in [1.29, 1.82) is 0 Å². The number of halogens is 1. The number of carbonyl (C=O) groups is 2. The van der Waals surface area contributed by atoms with E-state index in [2.05, 4.69) is 10.3 Å². The van der Waals surface area contributed by atoms with Gasteiger partial charge in [-0.2, -0.15) is 0 Å². The molecule has 0 aliphatic carbocycles. The molecule has 1 aromatic heterocycles. The lowest BCUT2D eigenvalue weighted by atomic mass is 10.0. The van der Waals surface area contributed by atoms with E-state index in [-0.39, 0.29) is 24.5 Å². The van der Waals surface area contributed by atoms with Gasteiger partial charge in [-0.1, -0.05) is 26.0 Å². The number of carbonyl (C=O) groups excluding carboxylic acids is 1. The Morgan fingerprint density at radius 2 is 2.04 bits per heavy atom. The summed E-state index contributed by atoms with van der Waals surface area (Å²) >= 11 is 0. The highest BCUT2D eigenvalue weighted by Crippen LogP contribution is 2.23. The molecule has 1 unspecified atom stereocenters. The molecule has 2 N–H and O–H groups in total. The second-order valence-corrected chi connectivity index (χ2v) is 5.73. The first-order chi connectivity index (χ1) is 11.4. The Hall–Kier alpha value is -2.70. The summed E-state index contributed by atoms with van der Waals surface area (Å²) < 4.78 is 19.1. The molecule has 2 aromatic rings. The lowest BCUT2D eigenvalue weighted by molar-refractivity contribution is -0.143. The molecule has 2 rings (SSSR count). The van der Waals surface area contributed by atoms with Crippen molar-refractivity contribution < 1.29 is 23.5 Å². The van der Waals surface area contributed by atoms with Crippen molar-refractivity contribution in [3.8, 4) is 11.3 Å². The molecule has 0 aliphatic rings. The minimum absolute atomic E-state index is 0.0354. The maximum atomic E-state index is 13.7. The predicted octanol–water partition coefficient (Wildman–Crippen LogP) is 2.64. The standard InChI is InChI=1S/C17H19FN2O4/c1-10(2)16(17(22)23)20-14(21)7-8-15-19-9-13(24-15)11-5-3-4-6-12(11)18/h3-6,9-10,16H,7-8H2,1-2H3,(H,20,21)(H,22,23). The van der Waals surface area contributed by atoms with Crippen LogP contribution in [0.2, 0.25) is 0 Å². The average Bonchev–Trinajstić information content (AvgIpc) is 2.99. The molecule has 128 valence electrons. The molecule has 0 spiro atoms. The second kappa shape index (κ2) is 7.72. The Labute approximate surface area is 138 Å². The summed E-state index contributed by atoms with van der Waals surface area (Å²) in [6.07, 6.45) is 1.64. The van der Waals surface area contributed by atoms with Crippen LogP contribution in [0, 0.1) is 11.7 Å². The molecule has 1 amide bonds. The van der Waals surface area contributed by atoms with Crippen LogP contribution >= 0.6 is 0 Å². The summed E-state index contributed by atoms with van der Waals surface area (Å²) in [4.78, 5) is 26.9. The van der Waals surface area contributed by atoms with Crippen LogP contribution < -0.4 is 5.32 Å². The van der Waals surface area contributed by atoms with E-state index in [0.717, 1.165) is 0 Å². The van der Waals surface area contributed by atoms with Crippen LogP contribution in [0.3, 0.4) is 0 Å². The number of hydrogen-bond acceptors (Lipinski definition) is 4. The van der Waals surface area contributed by atoms with Crippen molar-refractivity contribution in [2.45, 2.75) is 32.7 Å². The number of aryl methyl sites for hydroxylation is 1. The average molecular weight is 334 g/mol. The highest BCUT2D eigenvalue weighted by molar-refractivity contribution is 5.83. The van der Waals surface area contributed by atoms with Crippen LogP contribution in [0.4, 0.5) is 4.39 Å². The highest BCUT2D eigenvalue weighted by Gasteiger charge is 2.23. The summed E-state index contributed by atoms with van der Waals surface area (Å²) in [6, 6.07) is 5.23. The van der Waals surface area contributed by atoms with Crippen molar-refractivity contribution in [3.05, 3.63) is 42.2 Å². The van der Waals surface area contributed by atoms with Gasteiger partial charge in [-0.05, 0) is 18.1 Å². The largest absolute Gasteiger partial charge is 0.480 e. The molecule has 24 heavy (non-hydrogen) atoms. The number of hydrogen-bond donors (Lipinski definition) is 2. The zero-order valence-corrected chi connectivity index (χ0v) is 13.5. The van der Waals surface area contributed by atoms with Gasteiger partial charge in [0.05, 0.1) is 11.8 Å². The number of amides is 1. The fourth-order valence-corrected chi connectivity index (χ4v) is 2.19. The number of rotatable bonds is 7. The first-order valence-corrected chi connectivity index (χ1v) is 7.60. The van der Waals surface area contributed by atoms with E-state index in [1.54, 1.807) is 32.0 Å². The van der Waals surface area contributed by atoms with Crippen molar-refractivity contribution in [3.63, 3.8) is 0 Å². The van der Waals surface area contributed by atoms with E-state index in [1.807, 2.05) is 0 Å². The summed E-state index contributed by atoms with van der Waals surface area (Å²) in [5, 5.41) is 11.5. The SMILES string of the molecule is CC(C)C(NC(=O)CCc1ncc(-c2ccccc2F)o1)C(=O)O. The van der Waals surface area contributed by atoms with Crippen LogP contribution in [0.5, 0.6) is 0 Å². The number of aromatic nitrogens is 1. The third kappa shape index (κ3) is 4.41. The zero-order chi connectivity index (χ0) is 17.7. The van der Waals surface area contributed by atoms with Crippen LogP contribution in [0.25, 0.3) is 11.3 Å². The summed E-state index contributed by atoms with van der Waals surface area (Å²) in [5.74, 6) is -1.54. The Morgan fingerprint density at radius 3 is 2.67 bits per heavy atom. The van der Waals surface area contributed by atoms with Gasteiger partial charge in [0, 0.05) is 12.8 Å². The lowest BCUT2D eigenvalue weighted by Crippen LogP contribution is -2.44. The van der Waals surface area contributed by atoms with Gasteiger partial charge < -0.3 is 14.8 Å². The predicted molar refractivity (Wildman–Crippen MR) is 84.6 cm³/mol. The molecule has 0 radical (unpaired) electrons. The molecule has 0 fully saturated rings. The summed E-state index contributed by atoms with van der Waals surface area (Å²) in [7, 11) is 0. The third-order valence-electron chi connectivity index (χ3n) is 3.51. The number of carboxylic acid groups (broad SMARTS) is 1. The molecule has 0 saturated heterocycles. The van der Waals surface area contributed by atoms with Gasteiger partial charge in [-0.15, -0.1) is 0 Å². The normalized spacial score (nSPS) is 12.2. The molecular weight excluding hydrogens is 315 g/mol. The van der Waals surface area contributed by atoms with Gasteiger partial charge in [-0.3, -0.25) is 4.79 Å². The molecule has 7 heteroatoms. The van der Waals surface area contributed by atoms with Gasteiger partial charge in [-0.25, -0.2) is 14.2 Å². The Bertz CT molecular complexity index is 727. The maximum absolute atomic E-state index is 13.7. The molecular formula is C17H19FN2O4. The lowest BCUT2D eigenvalue weighted by Gasteiger charge is -2.17. The topological polar surface area (TPSA) is 92.4 Å². The van der Waals surface area contributed by atoms with E-state index in [4.69, 9.17) is 9.52 Å². The maximum Gasteiger partial charge on any atom is 0.326 e. The van der Waals surface area contributed by atoms with Gasteiger partial charge in [0.15, 0.2) is 11.7 Å². The van der Waals surface area contributed by atoms with Gasteiger partial charge >= 0.3 is 5.97 Å². The van der Waals surface area contributed by atoms with Crippen molar-refractivity contribution in [2.75, 3.05) is 0 Å². The molecule has 1 heterocycles. The van der Waals surface area contributed by atoms with Crippen LogP contribution in [0.15, 0.2) is 34.9 Å². The number of carboxylic acids is 1. The van der Waals surface area contributed by atoms with Crippen molar-refractivity contribution >= 4 is 11.9 Å². The summed E-state index contributed by atoms with van der Waals surface area (Å²) in [5.41, 5.74) is 0.298. The molecule has 0 saturated carbocycles. The third-order valence-corrected chi connectivity index (χ3v) is 3.51. The Kier molecular flexibility index (Phi) is 5.68. The van der Waals surface area contributed by atoms with Crippen LogP contribution in [-0.2, 0) is 16.0 Å². The minimum atomic E-state index is -1.07. The minimum Gasteiger partial charge on any atom is -0.480 e. The van der Waals surface area contributed by atoms with E-state index in [1.165, 1.54) is 12.3 Å². The van der Waals surface area contributed by atoms with Crippen molar-refractivity contribution in [1.82, 2.24) is 10.3 Å². The van der Waals surface area contributed by atoms with Crippen molar-refractivity contribution in [2.24, 2.45) is 5.92 Å². The van der Waals surface area contributed by atoms with Gasteiger partial charge in [0.25, 0.3) is 0 Å². The first-order valence-electron chi connectivity index (χ1n) is 7.60. The Balaban J connectivity index is 1.95. The highest BCUT2D eigenvalue weighted by atomic mass is 19.1. The zero-order valence-electron chi connectivity index (χ0n) is 13.5. The molecule has 0 aliphatic heterocycles. The molecule has 6 nitrogen and oxygen atoms in total. The Morgan fingerprint density at radius 1 is 1.33 bits per heavy atom. The van der Waals surface area contributed by atoms with E-state index in [9.17, 15) is 14.0 Å². The fourth-order valence-electron chi connectivity index (χ4n) is 2.19. The number of oxazole rings is 1. The quantitative estimate of drug-likeness (QED) is 0.812. The second-order valence-electron chi connectivity index (χ2n) is 5.73. The first kappa shape index (κ1) is 17.7. The monoisotopic (exact) mass is 334 g/mol. The number of nitrogens with one attached hydrogen (secondary N) is 1. The van der Waals surface area contributed by atoms with Gasteiger partial charge in [0.1, 0.15) is 11.9 Å². The summed E-state index contributed by atoms with van der Waals surface area (Å²) in [6.45, 7) is 3.43. The molecule has 1 aromatic carbocycles. The molecule has 0 bridgehead atoms. The van der Waals surface area contributed by atoms with E-state index < -0.39 is 23.7 Å². The van der Waals surface area contributed by atoms with Crippen LogP contribution in [-0.4, -0.2) is 28.0 Å². The number of aliphatic carboxylic acids is 1. The smallest absolute Gasteiger partial charge is 0.326 e. The number of nitrogens with zero attached hydrogens (tertiary/aromatic N) is 1. The van der Waals surface area contributed by atoms with Crippen LogP contribution in [0.1, 0.15) is 26.2 Å². The molecule has 1 atom stereocenters. The van der Waals surface area contributed by atoms with E-state index in [0.29, 0.717) is 11.5 Å².